The van der Waals surface area contributed by atoms with Crippen LogP contribution in [0.1, 0.15) is 23.8 Å². The van der Waals surface area contributed by atoms with Crippen molar-refractivity contribution in [2.45, 2.75) is 18.9 Å². The number of halogens is 3. The summed E-state index contributed by atoms with van der Waals surface area (Å²) in [6.07, 6.45) is 0.315. The molecule has 0 saturated carbocycles. The molecule has 4 rings (SSSR count). The van der Waals surface area contributed by atoms with Crippen molar-refractivity contribution in [1.29, 1.82) is 0 Å². The van der Waals surface area contributed by atoms with Crippen LogP contribution in [0.25, 0.3) is 11.4 Å². The zero-order chi connectivity index (χ0) is 19.0. The fourth-order valence-corrected chi connectivity index (χ4v) is 3.69. The van der Waals surface area contributed by atoms with Crippen molar-refractivity contribution in [3.05, 3.63) is 69.2 Å². The van der Waals surface area contributed by atoms with Gasteiger partial charge in [-0.1, -0.05) is 28.9 Å². The summed E-state index contributed by atoms with van der Waals surface area (Å²) >= 11 is 9.16. The summed E-state index contributed by atoms with van der Waals surface area (Å²) in [6.45, 7) is 0.988. The molecule has 1 saturated heterocycles. The van der Waals surface area contributed by atoms with E-state index < -0.39 is 0 Å². The average molecular weight is 451 g/mol. The highest BCUT2D eigenvalue weighted by atomic mass is 79.9. The molecule has 2 aromatic carbocycles. The lowest BCUT2D eigenvalue weighted by Crippen LogP contribution is -2.24. The molecule has 27 heavy (non-hydrogen) atoms. The molecule has 1 aliphatic heterocycles. The van der Waals surface area contributed by atoms with Crippen molar-refractivity contribution in [1.82, 2.24) is 15.0 Å². The van der Waals surface area contributed by atoms with Gasteiger partial charge in [0.25, 0.3) is 0 Å². The molecule has 2 heterocycles. The van der Waals surface area contributed by atoms with E-state index in [0.29, 0.717) is 46.3 Å². The van der Waals surface area contributed by atoms with Crippen LogP contribution in [-0.4, -0.2) is 27.5 Å². The Morgan fingerprint density at radius 2 is 2.15 bits per heavy atom. The zero-order valence-corrected chi connectivity index (χ0v) is 16.4. The predicted molar refractivity (Wildman–Crippen MR) is 102 cm³/mol. The first kappa shape index (κ1) is 18.1. The normalized spacial score (nSPS) is 16.9. The fourth-order valence-electron chi connectivity index (χ4n) is 3.10. The van der Waals surface area contributed by atoms with Crippen molar-refractivity contribution in [2.75, 3.05) is 6.54 Å². The Labute approximate surface area is 168 Å². The Hall–Kier alpha value is -2.25. The Balaban J connectivity index is 1.49. The molecule has 0 bridgehead atoms. The van der Waals surface area contributed by atoms with Crippen LogP contribution in [0.3, 0.4) is 0 Å². The maximum atomic E-state index is 13.4. The average Bonchev–Trinajstić information content (AvgIpc) is 3.25. The minimum absolute atomic E-state index is 0.0317. The number of benzene rings is 2. The molecule has 3 aromatic rings. The van der Waals surface area contributed by atoms with Crippen molar-refractivity contribution >= 4 is 33.4 Å². The maximum absolute atomic E-state index is 13.4. The molecule has 1 aromatic heterocycles. The smallest absolute Gasteiger partial charge is 0.232 e. The minimum Gasteiger partial charge on any atom is -0.339 e. The SMILES string of the molecule is O=C1CC(c2nc(-c3ccc(F)c(Br)c3)no2)CN1Cc1cccc(Cl)c1. The van der Waals surface area contributed by atoms with Crippen LogP contribution in [0.2, 0.25) is 5.02 Å². The van der Waals surface area contributed by atoms with Gasteiger partial charge in [0.2, 0.25) is 17.6 Å². The van der Waals surface area contributed by atoms with Crippen LogP contribution in [0, 0.1) is 5.82 Å². The lowest BCUT2D eigenvalue weighted by atomic mass is 10.1. The summed E-state index contributed by atoms with van der Waals surface area (Å²) in [5.41, 5.74) is 1.61. The van der Waals surface area contributed by atoms with Crippen molar-refractivity contribution < 1.29 is 13.7 Å². The van der Waals surface area contributed by atoms with Crippen LogP contribution in [0.15, 0.2) is 51.5 Å². The number of aromatic nitrogens is 2. The minimum atomic E-state index is -0.361. The third-order valence-electron chi connectivity index (χ3n) is 4.45. The second kappa shape index (κ2) is 7.40. The molecule has 138 valence electrons. The molecule has 0 radical (unpaired) electrons. The molecule has 8 heteroatoms. The number of hydrogen-bond acceptors (Lipinski definition) is 4. The summed E-state index contributed by atoms with van der Waals surface area (Å²) in [4.78, 5) is 18.5. The molecule has 1 amide bonds. The standard InChI is InChI=1S/C19H14BrClFN3O2/c20-15-7-12(4-5-16(15)22)18-23-19(27-24-18)13-8-17(26)25(10-13)9-11-2-1-3-14(21)6-11/h1-7,13H,8-10H2. The Kier molecular flexibility index (Phi) is 4.97. The highest BCUT2D eigenvalue weighted by Crippen LogP contribution is 2.30. The van der Waals surface area contributed by atoms with E-state index in [-0.39, 0.29) is 17.6 Å². The number of carbonyl (C=O) groups is 1. The molecular weight excluding hydrogens is 437 g/mol. The monoisotopic (exact) mass is 449 g/mol. The summed E-state index contributed by atoms with van der Waals surface area (Å²) in [6, 6.07) is 12.0. The third-order valence-corrected chi connectivity index (χ3v) is 5.29. The van der Waals surface area contributed by atoms with Crippen LogP contribution >= 0.6 is 27.5 Å². The molecule has 0 spiro atoms. The van der Waals surface area contributed by atoms with E-state index in [9.17, 15) is 9.18 Å². The van der Waals surface area contributed by atoms with Crippen LogP contribution in [-0.2, 0) is 11.3 Å². The van der Waals surface area contributed by atoms with E-state index in [1.54, 1.807) is 23.1 Å². The molecule has 1 unspecified atom stereocenters. The number of amides is 1. The van der Waals surface area contributed by atoms with Gasteiger partial charge in [-0.2, -0.15) is 4.98 Å². The van der Waals surface area contributed by atoms with Crippen molar-refractivity contribution in [2.24, 2.45) is 0 Å². The van der Waals surface area contributed by atoms with E-state index in [0.717, 1.165) is 5.56 Å². The molecule has 1 aliphatic rings. The molecule has 1 fully saturated rings. The fraction of sp³-hybridized carbons (Fsp3) is 0.211. The summed E-state index contributed by atoms with van der Waals surface area (Å²) in [5.74, 6) is 0.283. The Morgan fingerprint density at radius 1 is 1.30 bits per heavy atom. The van der Waals surface area contributed by atoms with Gasteiger partial charge in [-0.15, -0.1) is 0 Å². The van der Waals surface area contributed by atoms with Gasteiger partial charge >= 0.3 is 0 Å². The van der Waals surface area contributed by atoms with Gasteiger partial charge in [0, 0.05) is 30.1 Å². The van der Waals surface area contributed by atoms with E-state index in [1.165, 1.54) is 6.07 Å². The van der Waals surface area contributed by atoms with Gasteiger partial charge in [0.05, 0.1) is 10.4 Å². The van der Waals surface area contributed by atoms with Crippen LogP contribution in [0.5, 0.6) is 0 Å². The first-order valence-electron chi connectivity index (χ1n) is 8.31. The molecule has 0 aliphatic carbocycles. The Bertz CT molecular complexity index is 1010. The lowest BCUT2D eigenvalue weighted by molar-refractivity contribution is -0.128. The third kappa shape index (κ3) is 3.89. The highest BCUT2D eigenvalue weighted by molar-refractivity contribution is 9.10. The highest BCUT2D eigenvalue weighted by Gasteiger charge is 2.34. The van der Waals surface area contributed by atoms with E-state index in [4.69, 9.17) is 16.1 Å². The predicted octanol–water partition coefficient (Wildman–Crippen LogP) is 4.81. The van der Waals surface area contributed by atoms with Gasteiger partial charge in [-0.25, -0.2) is 4.39 Å². The Morgan fingerprint density at radius 3 is 2.93 bits per heavy atom. The quantitative estimate of drug-likeness (QED) is 0.572. The second-order valence-corrected chi connectivity index (χ2v) is 7.68. The van der Waals surface area contributed by atoms with E-state index >= 15 is 0 Å². The number of carbonyl (C=O) groups excluding carboxylic acids is 1. The lowest BCUT2D eigenvalue weighted by Gasteiger charge is -2.16. The van der Waals surface area contributed by atoms with Gasteiger partial charge in [0.1, 0.15) is 5.82 Å². The summed E-state index contributed by atoms with van der Waals surface area (Å²) < 4.78 is 19.1. The van der Waals surface area contributed by atoms with Crippen molar-refractivity contribution in [3.63, 3.8) is 0 Å². The van der Waals surface area contributed by atoms with Gasteiger partial charge in [-0.3, -0.25) is 4.79 Å². The van der Waals surface area contributed by atoms with Gasteiger partial charge < -0.3 is 9.42 Å². The topological polar surface area (TPSA) is 59.2 Å². The molecule has 5 nitrogen and oxygen atoms in total. The first-order chi connectivity index (χ1) is 13.0. The number of likely N-dealkylation sites (tertiary alicyclic amines) is 1. The molecule has 0 N–H and O–H groups in total. The first-order valence-corrected chi connectivity index (χ1v) is 9.48. The zero-order valence-electron chi connectivity index (χ0n) is 14.0. The van der Waals surface area contributed by atoms with Crippen molar-refractivity contribution in [3.8, 4) is 11.4 Å². The van der Waals surface area contributed by atoms with E-state index in [1.807, 2.05) is 18.2 Å². The second-order valence-electron chi connectivity index (χ2n) is 6.39. The van der Waals surface area contributed by atoms with Gasteiger partial charge in [0.15, 0.2) is 0 Å². The molecule has 1 atom stereocenters. The maximum Gasteiger partial charge on any atom is 0.232 e. The number of rotatable bonds is 4. The van der Waals surface area contributed by atoms with E-state index in [2.05, 4.69) is 26.1 Å². The molecular formula is C19H14BrClFN3O2. The van der Waals surface area contributed by atoms with Gasteiger partial charge in [-0.05, 0) is 51.8 Å². The number of nitrogens with zero attached hydrogens (tertiary/aromatic N) is 3. The summed E-state index contributed by atoms with van der Waals surface area (Å²) in [7, 11) is 0. The van der Waals surface area contributed by atoms with Crippen LogP contribution < -0.4 is 0 Å². The number of hydrogen-bond donors (Lipinski definition) is 0. The largest absolute Gasteiger partial charge is 0.339 e. The summed E-state index contributed by atoms with van der Waals surface area (Å²) in [5, 5.41) is 4.61. The van der Waals surface area contributed by atoms with Crippen LogP contribution in [0.4, 0.5) is 4.39 Å².